The Balaban J connectivity index is 2.16. The van der Waals surface area contributed by atoms with Gasteiger partial charge in [-0.15, -0.1) is 0 Å². The molecule has 1 atom stereocenters. The van der Waals surface area contributed by atoms with Crippen LogP contribution in [0.5, 0.6) is 0 Å². The molecule has 1 aliphatic heterocycles. The molecule has 4 nitrogen and oxygen atoms in total. The quantitative estimate of drug-likeness (QED) is 0.742. The Morgan fingerprint density at radius 3 is 2.65 bits per heavy atom. The topological polar surface area (TPSA) is 42.3 Å². The van der Waals surface area contributed by atoms with E-state index in [1.165, 1.54) is 32.5 Å². The summed E-state index contributed by atoms with van der Waals surface area (Å²) in [5, 5.41) is 11.9. The second-order valence-corrected chi connectivity index (χ2v) is 5.27. The molecule has 1 N–H and O–H groups in total. The lowest BCUT2D eigenvalue weighted by molar-refractivity contribution is 0.174. The van der Waals surface area contributed by atoms with Gasteiger partial charge in [-0.2, -0.15) is 5.26 Å². The number of hydrogen-bond acceptors (Lipinski definition) is 4. The third-order valence-corrected chi connectivity index (χ3v) is 3.71. The Hall–Kier alpha value is -0.630. The van der Waals surface area contributed by atoms with Crippen molar-refractivity contribution in [3.63, 3.8) is 0 Å². The number of nitrogens with one attached hydrogen (secondary N) is 1. The maximum Gasteiger partial charge on any atom is 0.0962 e. The fourth-order valence-corrected chi connectivity index (χ4v) is 2.40. The molecule has 0 spiro atoms. The van der Waals surface area contributed by atoms with Crippen LogP contribution in [0, 0.1) is 17.2 Å². The molecule has 0 aromatic heterocycles. The molecule has 0 bridgehead atoms. The average molecular weight is 238 g/mol. The highest BCUT2D eigenvalue weighted by Gasteiger charge is 2.18. The van der Waals surface area contributed by atoms with Gasteiger partial charge in [-0.25, -0.2) is 0 Å². The third kappa shape index (κ3) is 5.49. The van der Waals surface area contributed by atoms with Crippen molar-refractivity contribution in [3.8, 4) is 6.07 Å². The highest BCUT2D eigenvalue weighted by molar-refractivity contribution is 4.89. The largest absolute Gasteiger partial charge is 0.306 e. The molecule has 1 unspecified atom stereocenters. The highest BCUT2D eigenvalue weighted by atomic mass is 15.1. The molecule has 98 valence electrons. The molecule has 1 aliphatic rings. The number of nitriles is 1. The van der Waals surface area contributed by atoms with E-state index in [9.17, 15) is 0 Å². The maximum atomic E-state index is 8.85. The Morgan fingerprint density at radius 2 is 2.12 bits per heavy atom. The molecule has 0 radical (unpaired) electrons. The fraction of sp³-hybridized carbons (Fsp3) is 0.923. The summed E-state index contributed by atoms with van der Waals surface area (Å²) in [6.07, 6.45) is 3.54. The molecule has 1 rings (SSSR count). The number of hydrogen-bond donors (Lipinski definition) is 1. The molecule has 0 saturated carbocycles. The predicted octanol–water partition coefficient (Wildman–Crippen LogP) is 0.762. The first-order valence-corrected chi connectivity index (χ1v) is 6.59. The van der Waals surface area contributed by atoms with E-state index in [1.807, 2.05) is 7.05 Å². The van der Waals surface area contributed by atoms with Gasteiger partial charge >= 0.3 is 0 Å². The van der Waals surface area contributed by atoms with Gasteiger partial charge in [0.1, 0.15) is 0 Å². The zero-order chi connectivity index (χ0) is 12.7. The van der Waals surface area contributed by atoms with E-state index in [-0.39, 0.29) is 6.04 Å². The van der Waals surface area contributed by atoms with Crippen molar-refractivity contribution >= 4 is 0 Å². The van der Waals surface area contributed by atoms with Gasteiger partial charge in [-0.1, -0.05) is 0 Å². The van der Waals surface area contributed by atoms with Gasteiger partial charge in [0, 0.05) is 13.1 Å². The van der Waals surface area contributed by atoms with Crippen LogP contribution in [-0.4, -0.2) is 63.2 Å². The lowest BCUT2D eigenvalue weighted by atomic mass is 9.96. The van der Waals surface area contributed by atoms with E-state index in [1.54, 1.807) is 0 Å². The average Bonchev–Trinajstić information content (AvgIpc) is 2.33. The van der Waals surface area contributed by atoms with Crippen molar-refractivity contribution in [2.24, 2.45) is 5.92 Å². The highest BCUT2D eigenvalue weighted by Crippen LogP contribution is 2.16. The zero-order valence-electron chi connectivity index (χ0n) is 11.4. The zero-order valence-corrected chi connectivity index (χ0v) is 11.4. The first-order chi connectivity index (χ1) is 8.15. The molecule has 0 amide bonds. The number of piperidine rings is 1. The first kappa shape index (κ1) is 14.4. The van der Waals surface area contributed by atoms with Gasteiger partial charge < -0.3 is 15.1 Å². The third-order valence-electron chi connectivity index (χ3n) is 3.71. The minimum Gasteiger partial charge on any atom is -0.306 e. The second kappa shape index (κ2) is 7.65. The van der Waals surface area contributed by atoms with Crippen LogP contribution >= 0.6 is 0 Å². The van der Waals surface area contributed by atoms with Gasteiger partial charge in [0.2, 0.25) is 0 Å². The van der Waals surface area contributed by atoms with Crippen LogP contribution in [0.3, 0.4) is 0 Å². The van der Waals surface area contributed by atoms with Crippen LogP contribution in [-0.2, 0) is 0 Å². The summed E-state index contributed by atoms with van der Waals surface area (Å²) in [6.45, 7) is 4.65. The van der Waals surface area contributed by atoms with Crippen LogP contribution in [0.1, 0.15) is 19.3 Å². The van der Waals surface area contributed by atoms with E-state index < -0.39 is 0 Å². The van der Waals surface area contributed by atoms with E-state index in [0.29, 0.717) is 0 Å². The minimum atomic E-state index is -0.00469. The molecule has 1 fully saturated rings. The van der Waals surface area contributed by atoms with Crippen molar-refractivity contribution in [1.82, 2.24) is 15.1 Å². The fourth-order valence-electron chi connectivity index (χ4n) is 2.40. The standard InChI is InChI=1S/C13H26N4/c1-15-13(10-14)6-9-17(3)11-12-4-7-16(2)8-5-12/h12-13,15H,4-9,11H2,1-3H3. The first-order valence-electron chi connectivity index (χ1n) is 6.59. The van der Waals surface area contributed by atoms with Gasteiger partial charge in [0.05, 0.1) is 12.1 Å². The van der Waals surface area contributed by atoms with Gasteiger partial charge in [0.25, 0.3) is 0 Å². The maximum absolute atomic E-state index is 8.85. The monoisotopic (exact) mass is 238 g/mol. The Kier molecular flexibility index (Phi) is 6.49. The van der Waals surface area contributed by atoms with E-state index in [0.717, 1.165) is 18.9 Å². The molecule has 0 aliphatic carbocycles. The summed E-state index contributed by atoms with van der Waals surface area (Å²) in [7, 11) is 6.22. The lowest BCUT2D eigenvalue weighted by Crippen LogP contribution is -2.37. The van der Waals surface area contributed by atoms with Crippen molar-refractivity contribution in [1.29, 1.82) is 5.26 Å². The van der Waals surface area contributed by atoms with Gasteiger partial charge in [-0.3, -0.25) is 0 Å². The van der Waals surface area contributed by atoms with Gasteiger partial charge in [0.15, 0.2) is 0 Å². The molecule has 1 saturated heterocycles. The van der Waals surface area contributed by atoms with Crippen molar-refractivity contribution in [3.05, 3.63) is 0 Å². The molecule has 4 heteroatoms. The molecule has 0 aromatic carbocycles. The van der Waals surface area contributed by atoms with Crippen LogP contribution in [0.25, 0.3) is 0 Å². The van der Waals surface area contributed by atoms with E-state index >= 15 is 0 Å². The molecule has 0 aromatic rings. The van der Waals surface area contributed by atoms with Crippen molar-refractivity contribution in [2.75, 3.05) is 47.3 Å². The SMILES string of the molecule is CNC(C#N)CCN(C)CC1CCN(C)CC1. The Bertz CT molecular complexity index is 240. The summed E-state index contributed by atoms with van der Waals surface area (Å²) in [5.41, 5.74) is 0. The van der Waals surface area contributed by atoms with Crippen molar-refractivity contribution < 1.29 is 0 Å². The van der Waals surface area contributed by atoms with Gasteiger partial charge in [-0.05, 0) is 59.4 Å². The molecular formula is C13H26N4. The summed E-state index contributed by atoms with van der Waals surface area (Å²) >= 11 is 0. The normalized spacial score (nSPS) is 20.4. The molecule has 17 heavy (non-hydrogen) atoms. The summed E-state index contributed by atoms with van der Waals surface area (Å²) in [5.74, 6) is 0.839. The number of likely N-dealkylation sites (tertiary alicyclic amines) is 1. The van der Waals surface area contributed by atoms with Crippen LogP contribution in [0.2, 0.25) is 0 Å². The Labute approximate surface area is 106 Å². The second-order valence-electron chi connectivity index (χ2n) is 5.27. The summed E-state index contributed by atoms with van der Waals surface area (Å²) in [6, 6.07) is 2.27. The number of nitrogens with zero attached hydrogens (tertiary/aromatic N) is 3. The predicted molar refractivity (Wildman–Crippen MR) is 70.8 cm³/mol. The summed E-state index contributed by atoms with van der Waals surface area (Å²) < 4.78 is 0. The summed E-state index contributed by atoms with van der Waals surface area (Å²) in [4.78, 5) is 4.78. The van der Waals surface area contributed by atoms with Crippen LogP contribution in [0.4, 0.5) is 0 Å². The lowest BCUT2D eigenvalue weighted by Gasteiger charge is -2.31. The number of rotatable bonds is 6. The van der Waals surface area contributed by atoms with Crippen molar-refractivity contribution in [2.45, 2.75) is 25.3 Å². The molecule has 1 heterocycles. The minimum absolute atomic E-state index is 0.00469. The van der Waals surface area contributed by atoms with Crippen LogP contribution < -0.4 is 5.32 Å². The Morgan fingerprint density at radius 1 is 1.47 bits per heavy atom. The van der Waals surface area contributed by atoms with E-state index in [4.69, 9.17) is 5.26 Å². The smallest absolute Gasteiger partial charge is 0.0962 e. The van der Waals surface area contributed by atoms with E-state index in [2.05, 4.69) is 35.3 Å². The van der Waals surface area contributed by atoms with Crippen LogP contribution in [0.15, 0.2) is 0 Å². The molecular weight excluding hydrogens is 212 g/mol.